The van der Waals surface area contributed by atoms with Crippen molar-refractivity contribution in [3.05, 3.63) is 28.2 Å². The fraction of sp³-hybridized carbons (Fsp3) is 0.500. The van der Waals surface area contributed by atoms with Crippen molar-refractivity contribution in [1.29, 1.82) is 0 Å². The molecule has 1 aliphatic carbocycles. The molecule has 0 heterocycles. The summed E-state index contributed by atoms with van der Waals surface area (Å²) in [6.07, 6.45) is 2.00. The number of likely N-dealkylation sites (N-methyl/N-ethyl adjacent to an activating group) is 1. The van der Waals surface area contributed by atoms with Gasteiger partial charge >= 0.3 is 0 Å². The molecule has 1 amide bonds. The van der Waals surface area contributed by atoms with Crippen LogP contribution in [-0.4, -0.2) is 25.1 Å². The van der Waals surface area contributed by atoms with Crippen LogP contribution in [0.3, 0.4) is 0 Å². The fourth-order valence-corrected chi connectivity index (χ4v) is 2.20. The Hall–Kier alpha value is -1.07. The summed E-state index contributed by atoms with van der Waals surface area (Å²) < 4.78 is 6.75. The highest BCUT2D eigenvalue weighted by Crippen LogP contribution is 2.26. The molecular weight excluding hydrogens is 308 g/mol. The van der Waals surface area contributed by atoms with E-state index in [0.29, 0.717) is 6.04 Å². The van der Waals surface area contributed by atoms with Crippen LogP contribution in [0, 0.1) is 0 Å². The van der Waals surface area contributed by atoms with E-state index in [9.17, 15) is 4.79 Å². The van der Waals surface area contributed by atoms with Crippen molar-refractivity contribution >= 4 is 21.8 Å². The first-order valence-corrected chi connectivity index (χ1v) is 7.29. The molecule has 4 nitrogen and oxygen atoms in total. The van der Waals surface area contributed by atoms with Gasteiger partial charge in [0.25, 0.3) is 5.91 Å². The Balaban J connectivity index is 2.06. The lowest BCUT2D eigenvalue weighted by molar-refractivity contribution is -0.126. The number of hydrogen-bond donors (Lipinski definition) is 2. The van der Waals surface area contributed by atoms with Gasteiger partial charge in [-0.15, -0.1) is 0 Å². The largest absolute Gasteiger partial charge is 0.481 e. The molecule has 19 heavy (non-hydrogen) atoms. The van der Waals surface area contributed by atoms with Gasteiger partial charge in [0.15, 0.2) is 6.10 Å². The normalized spacial score (nSPS) is 15.9. The number of carbonyl (C=O) groups is 1. The lowest BCUT2D eigenvalue weighted by Gasteiger charge is -2.17. The van der Waals surface area contributed by atoms with Gasteiger partial charge in [-0.1, -0.05) is 15.9 Å². The van der Waals surface area contributed by atoms with E-state index in [0.717, 1.165) is 22.3 Å². The monoisotopic (exact) mass is 326 g/mol. The maximum Gasteiger partial charge on any atom is 0.260 e. The van der Waals surface area contributed by atoms with Crippen LogP contribution < -0.4 is 15.4 Å². The van der Waals surface area contributed by atoms with Gasteiger partial charge in [0, 0.05) is 29.7 Å². The minimum atomic E-state index is -0.495. The molecule has 1 saturated carbocycles. The van der Waals surface area contributed by atoms with Crippen molar-refractivity contribution in [2.24, 2.45) is 0 Å². The van der Waals surface area contributed by atoms with E-state index in [1.165, 1.54) is 12.8 Å². The molecule has 1 aliphatic rings. The zero-order valence-corrected chi connectivity index (χ0v) is 12.8. The lowest BCUT2D eigenvalue weighted by atomic mass is 10.2. The molecule has 1 fully saturated rings. The summed E-state index contributed by atoms with van der Waals surface area (Å²) in [7, 11) is 1.61. The average molecular weight is 327 g/mol. The zero-order chi connectivity index (χ0) is 13.8. The third-order valence-electron chi connectivity index (χ3n) is 3.10. The molecule has 2 N–H and O–H groups in total. The number of amides is 1. The Kier molecular flexibility index (Phi) is 4.82. The van der Waals surface area contributed by atoms with Gasteiger partial charge < -0.3 is 15.4 Å². The van der Waals surface area contributed by atoms with Crippen LogP contribution in [0.25, 0.3) is 0 Å². The number of benzene rings is 1. The molecule has 2 rings (SSSR count). The van der Waals surface area contributed by atoms with E-state index < -0.39 is 6.10 Å². The standard InChI is InChI=1S/C14H19BrN2O2/c1-9(14(18)16-2)19-13-6-3-11(15)7-10(13)8-17-12-4-5-12/h3,6-7,9,12,17H,4-5,8H2,1-2H3,(H,16,18). The quantitative estimate of drug-likeness (QED) is 0.842. The van der Waals surface area contributed by atoms with Crippen LogP contribution in [0.1, 0.15) is 25.3 Å². The van der Waals surface area contributed by atoms with Gasteiger partial charge in [-0.3, -0.25) is 4.79 Å². The molecule has 1 aromatic rings. The Bertz CT molecular complexity index is 461. The van der Waals surface area contributed by atoms with Crippen molar-refractivity contribution in [2.75, 3.05) is 7.05 Å². The van der Waals surface area contributed by atoms with Crippen LogP contribution in [-0.2, 0) is 11.3 Å². The summed E-state index contributed by atoms with van der Waals surface area (Å²) in [5.41, 5.74) is 1.07. The Morgan fingerprint density at radius 1 is 1.53 bits per heavy atom. The van der Waals surface area contributed by atoms with Gasteiger partial charge in [0.2, 0.25) is 0 Å². The minimum absolute atomic E-state index is 0.121. The summed E-state index contributed by atoms with van der Waals surface area (Å²) in [4.78, 5) is 11.5. The smallest absolute Gasteiger partial charge is 0.260 e. The van der Waals surface area contributed by atoms with E-state index in [-0.39, 0.29) is 5.91 Å². The van der Waals surface area contributed by atoms with Crippen molar-refractivity contribution in [3.63, 3.8) is 0 Å². The number of ether oxygens (including phenoxy) is 1. The molecule has 104 valence electrons. The average Bonchev–Trinajstić information content (AvgIpc) is 3.22. The lowest BCUT2D eigenvalue weighted by Crippen LogP contribution is -2.34. The fourth-order valence-electron chi connectivity index (χ4n) is 1.79. The molecule has 0 spiro atoms. The summed E-state index contributed by atoms with van der Waals surface area (Å²) >= 11 is 3.47. The molecule has 1 aromatic carbocycles. The molecule has 1 unspecified atom stereocenters. The van der Waals surface area contributed by atoms with E-state index in [2.05, 4.69) is 26.6 Å². The van der Waals surface area contributed by atoms with Crippen LogP contribution in [0.15, 0.2) is 22.7 Å². The van der Waals surface area contributed by atoms with Gasteiger partial charge in [0.05, 0.1) is 0 Å². The van der Waals surface area contributed by atoms with E-state index in [1.54, 1.807) is 14.0 Å². The maximum atomic E-state index is 11.5. The Morgan fingerprint density at radius 3 is 2.89 bits per heavy atom. The molecule has 0 radical (unpaired) electrons. The SMILES string of the molecule is CNC(=O)C(C)Oc1ccc(Br)cc1CNC1CC1. The van der Waals surface area contributed by atoms with Gasteiger partial charge in [-0.05, 0) is 38.0 Å². The van der Waals surface area contributed by atoms with Crippen LogP contribution in [0.5, 0.6) is 5.75 Å². The number of carbonyl (C=O) groups excluding carboxylic acids is 1. The summed E-state index contributed by atoms with van der Waals surface area (Å²) in [6, 6.07) is 6.49. The number of hydrogen-bond acceptors (Lipinski definition) is 3. The van der Waals surface area contributed by atoms with Crippen LogP contribution in [0.2, 0.25) is 0 Å². The highest BCUT2D eigenvalue weighted by molar-refractivity contribution is 9.10. The minimum Gasteiger partial charge on any atom is -0.481 e. The van der Waals surface area contributed by atoms with Crippen molar-refractivity contribution in [3.8, 4) is 5.75 Å². The van der Waals surface area contributed by atoms with E-state index >= 15 is 0 Å². The van der Waals surface area contributed by atoms with Crippen LogP contribution >= 0.6 is 15.9 Å². The molecule has 5 heteroatoms. The number of nitrogens with one attached hydrogen (secondary N) is 2. The van der Waals surface area contributed by atoms with E-state index in [4.69, 9.17) is 4.74 Å². The van der Waals surface area contributed by atoms with Crippen molar-refractivity contribution < 1.29 is 9.53 Å². The highest BCUT2D eigenvalue weighted by Gasteiger charge is 2.21. The number of rotatable bonds is 6. The topological polar surface area (TPSA) is 50.4 Å². The molecule has 0 bridgehead atoms. The van der Waals surface area contributed by atoms with Crippen molar-refractivity contribution in [1.82, 2.24) is 10.6 Å². The Labute approximate surface area is 122 Å². The predicted molar refractivity (Wildman–Crippen MR) is 78.2 cm³/mol. The van der Waals surface area contributed by atoms with Crippen molar-refractivity contribution in [2.45, 2.75) is 38.5 Å². The first kappa shape index (κ1) is 14.3. The van der Waals surface area contributed by atoms with Crippen LogP contribution in [0.4, 0.5) is 0 Å². The summed E-state index contributed by atoms with van der Waals surface area (Å²) in [6.45, 7) is 2.51. The summed E-state index contributed by atoms with van der Waals surface area (Å²) in [5.74, 6) is 0.636. The molecular formula is C14H19BrN2O2. The molecule has 1 atom stereocenters. The third kappa shape index (κ3) is 4.21. The first-order chi connectivity index (χ1) is 9.10. The van der Waals surface area contributed by atoms with Gasteiger partial charge in [-0.2, -0.15) is 0 Å². The Morgan fingerprint density at radius 2 is 2.26 bits per heavy atom. The number of halogens is 1. The maximum absolute atomic E-state index is 11.5. The molecule has 0 aliphatic heterocycles. The molecule has 0 saturated heterocycles. The zero-order valence-electron chi connectivity index (χ0n) is 11.2. The first-order valence-electron chi connectivity index (χ1n) is 6.50. The second kappa shape index (κ2) is 6.39. The summed E-state index contributed by atoms with van der Waals surface area (Å²) in [5, 5.41) is 6.04. The second-order valence-electron chi connectivity index (χ2n) is 4.78. The third-order valence-corrected chi connectivity index (χ3v) is 3.59. The highest BCUT2D eigenvalue weighted by atomic mass is 79.9. The molecule has 0 aromatic heterocycles. The second-order valence-corrected chi connectivity index (χ2v) is 5.70. The van der Waals surface area contributed by atoms with Gasteiger partial charge in [-0.25, -0.2) is 0 Å². The van der Waals surface area contributed by atoms with E-state index in [1.807, 2.05) is 18.2 Å². The van der Waals surface area contributed by atoms with Gasteiger partial charge in [0.1, 0.15) is 5.75 Å². The predicted octanol–water partition coefficient (Wildman–Crippen LogP) is 2.21.